The number of nitrogens with zero attached hydrogens (tertiary/aromatic N) is 3. The highest BCUT2D eigenvalue weighted by molar-refractivity contribution is 6.37. The number of aromatic nitrogens is 1. The quantitative estimate of drug-likeness (QED) is 0.363. The van der Waals surface area contributed by atoms with Gasteiger partial charge in [0.2, 0.25) is 0 Å². The molecule has 2 N–H and O–H groups in total. The minimum absolute atomic E-state index is 0.00941. The molecule has 28 heavy (non-hydrogen) atoms. The van der Waals surface area contributed by atoms with Gasteiger partial charge in [-0.1, -0.05) is 25.7 Å². The number of ether oxygens (including phenoxy) is 2. The predicted molar refractivity (Wildman–Crippen MR) is 102 cm³/mol. The van der Waals surface area contributed by atoms with Gasteiger partial charge in [0.25, 0.3) is 6.43 Å². The normalized spacial score (nSPS) is 20.4. The van der Waals surface area contributed by atoms with Gasteiger partial charge in [0.15, 0.2) is 6.29 Å². The van der Waals surface area contributed by atoms with Crippen LogP contribution in [0.25, 0.3) is 0 Å². The molecule has 1 aromatic heterocycles. The molecule has 1 saturated heterocycles. The standard InChI is InChI=1S/C20H24F2N4O2/c1-20(2)11-27-17(28-12-20)10-24-9-16(26-23)18-15(19(21)22)7-14(8-25-18)6-5-13-3-4-13/h7-9,13,17,19H,3-4,10-12,23H2,1-2H3/b24-9?,26-16+. The first kappa shape index (κ1) is 20.4. The van der Waals surface area contributed by atoms with Crippen molar-refractivity contribution in [2.24, 2.45) is 27.3 Å². The largest absolute Gasteiger partial charge is 0.350 e. The van der Waals surface area contributed by atoms with Crippen LogP contribution in [-0.4, -0.2) is 43.0 Å². The van der Waals surface area contributed by atoms with Gasteiger partial charge in [-0.05, 0) is 18.9 Å². The van der Waals surface area contributed by atoms with Crippen molar-refractivity contribution in [1.29, 1.82) is 0 Å². The van der Waals surface area contributed by atoms with E-state index in [2.05, 4.69) is 26.9 Å². The Hall–Kier alpha value is -2.37. The summed E-state index contributed by atoms with van der Waals surface area (Å²) < 4.78 is 38.2. The molecule has 0 atom stereocenters. The Kier molecular flexibility index (Phi) is 6.37. The second-order valence-electron chi connectivity index (χ2n) is 7.73. The Balaban J connectivity index is 1.70. The van der Waals surface area contributed by atoms with Crippen LogP contribution in [0.15, 0.2) is 22.4 Å². The number of nitrogens with two attached hydrogens (primary N) is 1. The third-order valence-corrected chi connectivity index (χ3v) is 4.32. The monoisotopic (exact) mass is 390 g/mol. The fourth-order valence-corrected chi connectivity index (χ4v) is 2.56. The lowest BCUT2D eigenvalue weighted by Crippen LogP contribution is -2.39. The van der Waals surface area contributed by atoms with Crippen molar-refractivity contribution in [2.45, 2.75) is 39.4 Å². The Bertz CT molecular complexity index is 813. The van der Waals surface area contributed by atoms with Crippen LogP contribution in [0.2, 0.25) is 0 Å². The van der Waals surface area contributed by atoms with E-state index in [1.807, 2.05) is 13.8 Å². The number of pyridine rings is 1. The fraction of sp³-hybridized carbons (Fsp3) is 0.550. The zero-order chi connectivity index (χ0) is 20.1. The number of halogens is 2. The van der Waals surface area contributed by atoms with Gasteiger partial charge in [0.1, 0.15) is 11.4 Å². The van der Waals surface area contributed by atoms with Gasteiger partial charge in [-0.25, -0.2) is 8.78 Å². The summed E-state index contributed by atoms with van der Waals surface area (Å²) >= 11 is 0. The molecular formula is C20H24F2N4O2. The van der Waals surface area contributed by atoms with E-state index in [1.54, 1.807) is 0 Å². The summed E-state index contributed by atoms with van der Waals surface area (Å²) in [6.45, 7) is 5.42. The van der Waals surface area contributed by atoms with E-state index in [9.17, 15) is 8.78 Å². The summed E-state index contributed by atoms with van der Waals surface area (Å²) in [5, 5.41) is 3.57. The Morgan fingerprint density at radius 1 is 1.39 bits per heavy atom. The average molecular weight is 390 g/mol. The molecule has 3 rings (SSSR count). The molecule has 0 bridgehead atoms. The average Bonchev–Trinajstić information content (AvgIpc) is 3.49. The van der Waals surface area contributed by atoms with Crippen LogP contribution in [-0.2, 0) is 9.47 Å². The van der Waals surface area contributed by atoms with Crippen molar-refractivity contribution in [2.75, 3.05) is 19.8 Å². The molecule has 1 saturated carbocycles. The number of rotatable bonds is 5. The summed E-state index contributed by atoms with van der Waals surface area (Å²) in [4.78, 5) is 8.29. The molecule has 1 aliphatic carbocycles. The van der Waals surface area contributed by atoms with Crippen molar-refractivity contribution in [3.05, 3.63) is 29.1 Å². The van der Waals surface area contributed by atoms with Crippen molar-refractivity contribution in [3.63, 3.8) is 0 Å². The van der Waals surface area contributed by atoms with Gasteiger partial charge in [0.05, 0.1) is 26.0 Å². The van der Waals surface area contributed by atoms with Crippen LogP contribution >= 0.6 is 0 Å². The van der Waals surface area contributed by atoms with Gasteiger partial charge >= 0.3 is 0 Å². The van der Waals surface area contributed by atoms with Crippen molar-refractivity contribution < 1.29 is 18.3 Å². The summed E-state index contributed by atoms with van der Waals surface area (Å²) in [5.74, 6) is 11.7. The first-order valence-electron chi connectivity index (χ1n) is 9.19. The Morgan fingerprint density at radius 2 is 2.11 bits per heavy atom. The maximum absolute atomic E-state index is 13.5. The maximum Gasteiger partial charge on any atom is 0.266 e. The summed E-state index contributed by atoms with van der Waals surface area (Å²) in [5.41, 5.74) is 0.193. The van der Waals surface area contributed by atoms with Crippen LogP contribution in [0, 0.1) is 23.2 Å². The Morgan fingerprint density at radius 3 is 2.71 bits per heavy atom. The minimum atomic E-state index is -2.73. The van der Waals surface area contributed by atoms with E-state index in [1.165, 1.54) is 18.5 Å². The van der Waals surface area contributed by atoms with Gasteiger partial charge in [-0.15, -0.1) is 0 Å². The topological polar surface area (TPSA) is 82.1 Å². The summed E-state index contributed by atoms with van der Waals surface area (Å²) in [6.07, 6.45) is 1.67. The van der Waals surface area contributed by atoms with Crippen LogP contribution in [0.3, 0.4) is 0 Å². The van der Waals surface area contributed by atoms with Crippen LogP contribution < -0.4 is 5.84 Å². The summed E-state index contributed by atoms with van der Waals surface area (Å²) in [6, 6.07) is 1.33. The number of hydrogen-bond acceptors (Lipinski definition) is 6. The van der Waals surface area contributed by atoms with Crippen molar-refractivity contribution >= 4 is 11.9 Å². The van der Waals surface area contributed by atoms with Crippen molar-refractivity contribution in [3.8, 4) is 11.8 Å². The van der Waals surface area contributed by atoms with Crippen LogP contribution in [0.5, 0.6) is 0 Å². The zero-order valence-electron chi connectivity index (χ0n) is 16.0. The SMILES string of the molecule is CC1(C)COC(CN=C/C(=N\N)c2ncc(C#CC3CC3)cc2C(F)F)OC1. The van der Waals surface area contributed by atoms with Crippen molar-refractivity contribution in [1.82, 2.24) is 4.98 Å². The second kappa shape index (κ2) is 8.76. The Labute approximate surface area is 163 Å². The molecular weight excluding hydrogens is 366 g/mol. The highest BCUT2D eigenvalue weighted by Crippen LogP contribution is 2.28. The van der Waals surface area contributed by atoms with Gasteiger partial charge in [-0.3, -0.25) is 9.98 Å². The van der Waals surface area contributed by atoms with E-state index in [0.29, 0.717) is 24.7 Å². The number of aliphatic imine (C=N–C) groups is 1. The number of hydrazone groups is 1. The van der Waals surface area contributed by atoms with E-state index in [-0.39, 0.29) is 28.9 Å². The first-order valence-corrected chi connectivity index (χ1v) is 9.19. The van der Waals surface area contributed by atoms with E-state index in [0.717, 1.165) is 12.8 Å². The van der Waals surface area contributed by atoms with E-state index < -0.39 is 12.7 Å². The lowest BCUT2D eigenvalue weighted by molar-refractivity contribution is -0.215. The van der Waals surface area contributed by atoms with Gasteiger partial charge < -0.3 is 15.3 Å². The van der Waals surface area contributed by atoms with Crippen LogP contribution in [0.1, 0.15) is 49.9 Å². The third kappa shape index (κ3) is 5.57. The third-order valence-electron chi connectivity index (χ3n) is 4.32. The van der Waals surface area contributed by atoms with Crippen LogP contribution in [0.4, 0.5) is 8.78 Å². The summed E-state index contributed by atoms with van der Waals surface area (Å²) in [7, 11) is 0. The fourth-order valence-electron chi connectivity index (χ4n) is 2.56. The number of hydrogen-bond donors (Lipinski definition) is 1. The molecule has 6 nitrogen and oxygen atoms in total. The molecule has 0 amide bonds. The van der Waals surface area contributed by atoms with Gasteiger partial charge in [-0.2, -0.15) is 5.10 Å². The molecule has 0 spiro atoms. The highest BCUT2D eigenvalue weighted by atomic mass is 19.3. The predicted octanol–water partition coefficient (Wildman–Crippen LogP) is 2.91. The van der Waals surface area contributed by atoms with E-state index in [4.69, 9.17) is 15.3 Å². The lowest BCUT2D eigenvalue weighted by Gasteiger charge is -2.33. The maximum atomic E-state index is 13.5. The molecule has 8 heteroatoms. The second-order valence-corrected chi connectivity index (χ2v) is 7.73. The molecule has 1 aromatic rings. The molecule has 0 radical (unpaired) electrons. The minimum Gasteiger partial charge on any atom is -0.350 e. The number of alkyl halides is 2. The zero-order valence-corrected chi connectivity index (χ0v) is 16.0. The molecule has 2 aliphatic rings. The van der Waals surface area contributed by atoms with E-state index >= 15 is 0 Å². The highest BCUT2D eigenvalue weighted by Gasteiger charge is 2.28. The lowest BCUT2D eigenvalue weighted by atomic mass is 9.96. The van der Waals surface area contributed by atoms with Gasteiger partial charge in [0, 0.05) is 28.7 Å². The molecule has 150 valence electrons. The molecule has 1 aliphatic heterocycles. The first-order chi connectivity index (χ1) is 13.4. The molecule has 2 fully saturated rings. The molecule has 0 unspecified atom stereocenters. The molecule has 0 aromatic carbocycles. The smallest absolute Gasteiger partial charge is 0.266 e. The molecule has 2 heterocycles.